The van der Waals surface area contributed by atoms with Crippen molar-refractivity contribution >= 4 is 6.29 Å². The molecule has 0 bridgehead atoms. The molecule has 0 radical (unpaired) electrons. The van der Waals surface area contributed by atoms with Crippen LogP contribution in [-0.2, 0) is 4.79 Å². The summed E-state index contributed by atoms with van der Waals surface area (Å²) in [5.74, 6) is 0.644. The van der Waals surface area contributed by atoms with Gasteiger partial charge in [-0.15, -0.1) is 0 Å². The van der Waals surface area contributed by atoms with Gasteiger partial charge >= 0.3 is 0 Å². The first-order chi connectivity index (χ1) is 3.19. The Balaban J connectivity index is 2.51. The molecule has 1 fully saturated rings. The Morgan fingerprint density at radius 3 is 2.29 bits per heavy atom. The van der Waals surface area contributed by atoms with Crippen LogP contribution in [-0.4, -0.2) is 6.29 Å². The smallest absolute Gasteiger partial charge is 0.126 e. The van der Waals surface area contributed by atoms with Gasteiger partial charge in [0.15, 0.2) is 0 Å². The quantitative estimate of drug-likeness (QED) is 0.451. The van der Waals surface area contributed by atoms with Crippen molar-refractivity contribution in [3.8, 4) is 0 Å². The van der Waals surface area contributed by atoms with Crippen LogP contribution in [0.1, 0.15) is 20.3 Å². The molecule has 1 heteroatoms. The fraction of sp³-hybridized carbons (Fsp3) is 0.833. The van der Waals surface area contributed by atoms with E-state index in [2.05, 4.69) is 6.92 Å². The monoisotopic (exact) mass is 98.1 g/mol. The lowest BCUT2D eigenvalue weighted by Crippen LogP contribution is -1.95. The Morgan fingerprint density at radius 1 is 1.86 bits per heavy atom. The fourth-order valence-electron chi connectivity index (χ4n) is 0.765. The lowest BCUT2D eigenvalue weighted by atomic mass is 10.1. The van der Waals surface area contributed by atoms with Crippen LogP contribution < -0.4 is 0 Å². The number of rotatable bonds is 1. The van der Waals surface area contributed by atoms with Gasteiger partial charge in [0.25, 0.3) is 0 Å². The van der Waals surface area contributed by atoms with E-state index in [0.717, 1.165) is 12.7 Å². The SMILES string of the molecule is C[C@H]1C[C@@]1(C)C=O. The molecule has 1 aliphatic carbocycles. The molecule has 0 aromatic carbocycles. The van der Waals surface area contributed by atoms with Crippen LogP contribution in [0.2, 0.25) is 0 Å². The molecule has 7 heavy (non-hydrogen) atoms. The highest BCUT2D eigenvalue weighted by atomic mass is 16.1. The largest absolute Gasteiger partial charge is 0.303 e. The minimum Gasteiger partial charge on any atom is -0.303 e. The van der Waals surface area contributed by atoms with Crippen molar-refractivity contribution in [3.05, 3.63) is 0 Å². The highest BCUT2D eigenvalue weighted by molar-refractivity contribution is 5.63. The number of aldehydes is 1. The third-order valence-corrected chi connectivity index (χ3v) is 1.98. The average molecular weight is 98.1 g/mol. The summed E-state index contributed by atoms with van der Waals surface area (Å²) >= 11 is 0. The van der Waals surface area contributed by atoms with Gasteiger partial charge in [0.2, 0.25) is 0 Å². The first-order valence-electron chi connectivity index (χ1n) is 2.65. The van der Waals surface area contributed by atoms with E-state index in [-0.39, 0.29) is 5.41 Å². The second-order valence-electron chi connectivity index (χ2n) is 2.73. The van der Waals surface area contributed by atoms with Crippen LogP contribution in [0.5, 0.6) is 0 Å². The van der Waals surface area contributed by atoms with Gasteiger partial charge in [0, 0.05) is 5.41 Å². The summed E-state index contributed by atoms with van der Waals surface area (Å²) < 4.78 is 0. The van der Waals surface area contributed by atoms with Crippen LogP contribution in [0.4, 0.5) is 0 Å². The minimum absolute atomic E-state index is 0.0694. The first kappa shape index (κ1) is 4.82. The standard InChI is InChI=1S/C6H10O/c1-5-3-6(5,2)4-7/h4-5H,3H2,1-2H3/t5-,6-/m0/s1. The van der Waals surface area contributed by atoms with Crippen LogP contribution in [0.3, 0.4) is 0 Å². The van der Waals surface area contributed by atoms with E-state index in [1.165, 1.54) is 0 Å². The normalized spacial score (nSPS) is 48.6. The van der Waals surface area contributed by atoms with E-state index in [1.54, 1.807) is 0 Å². The molecule has 1 aliphatic rings. The lowest BCUT2D eigenvalue weighted by molar-refractivity contribution is -0.112. The van der Waals surface area contributed by atoms with Gasteiger partial charge in [-0.1, -0.05) is 13.8 Å². The molecule has 0 aromatic heterocycles. The molecule has 0 unspecified atom stereocenters. The summed E-state index contributed by atoms with van der Waals surface area (Å²) in [5, 5.41) is 0. The van der Waals surface area contributed by atoms with Crippen molar-refractivity contribution in [1.29, 1.82) is 0 Å². The second-order valence-corrected chi connectivity index (χ2v) is 2.73. The van der Waals surface area contributed by atoms with Gasteiger partial charge in [0.1, 0.15) is 6.29 Å². The summed E-state index contributed by atoms with van der Waals surface area (Å²) in [7, 11) is 0. The molecular formula is C6H10O. The Hall–Kier alpha value is -0.330. The van der Waals surface area contributed by atoms with Gasteiger partial charge in [-0.25, -0.2) is 0 Å². The van der Waals surface area contributed by atoms with Gasteiger partial charge in [-0.2, -0.15) is 0 Å². The highest BCUT2D eigenvalue weighted by Crippen LogP contribution is 2.49. The first-order valence-corrected chi connectivity index (χ1v) is 2.65. The Morgan fingerprint density at radius 2 is 2.29 bits per heavy atom. The zero-order chi connectivity index (χ0) is 5.49. The number of carbonyl (C=O) groups excluding carboxylic acids is 1. The van der Waals surface area contributed by atoms with Crippen LogP contribution in [0, 0.1) is 11.3 Å². The van der Waals surface area contributed by atoms with Crippen LogP contribution in [0.25, 0.3) is 0 Å². The Bertz CT molecular complexity index is 98.4. The van der Waals surface area contributed by atoms with E-state index < -0.39 is 0 Å². The molecule has 1 nitrogen and oxygen atoms in total. The molecular weight excluding hydrogens is 88.1 g/mol. The van der Waals surface area contributed by atoms with Crippen molar-refractivity contribution in [3.63, 3.8) is 0 Å². The van der Waals surface area contributed by atoms with Crippen LogP contribution in [0.15, 0.2) is 0 Å². The number of hydrogen-bond acceptors (Lipinski definition) is 1. The van der Waals surface area contributed by atoms with Gasteiger partial charge in [-0.3, -0.25) is 0 Å². The summed E-state index contributed by atoms with van der Waals surface area (Å²) in [6, 6.07) is 0. The van der Waals surface area contributed by atoms with Crippen molar-refractivity contribution in [1.82, 2.24) is 0 Å². The zero-order valence-electron chi connectivity index (χ0n) is 4.77. The van der Waals surface area contributed by atoms with E-state index in [1.807, 2.05) is 6.92 Å². The van der Waals surface area contributed by atoms with Crippen LogP contribution >= 0.6 is 0 Å². The summed E-state index contributed by atoms with van der Waals surface area (Å²) in [6.45, 7) is 4.11. The van der Waals surface area contributed by atoms with E-state index in [0.29, 0.717) is 5.92 Å². The van der Waals surface area contributed by atoms with E-state index in [9.17, 15) is 4.79 Å². The predicted octanol–water partition coefficient (Wildman–Crippen LogP) is 1.23. The number of carbonyl (C=O) groups is 1. The Labute approximate surface area is 43.7 Å². The average Bonchev–Trinajstić information content (AvgIpc) is 2.18. The molecule has 0 aliphatic heterocycles. The maximum absolute atomic E-state index is 10.1. The Kier molecular flexibility index (Phi) is 0.748. The molecule has 0 amide bonds. The molecule has 40 valence electrons. The van der Waals surface area contributed by atoms with Crippen molar-refractivity contribution < 1.29 is 4.79 Å². The molecule has 0 saturated heterocycles. The van der Waals surface area contributed by atoms with Crippen molar-refractivity contribution in [2.75, 3.05) is 0 Å². The lowest BCUT2D eigenvalue weighted by Gasteiger charge is -1.90. The van der Waals surface area contributed by atoms with Crippen molar-refractivity contribution in [2.45, 2.75) is 20.3 Å². The predicted molar refractivity (Wildman–Crippen MR) is 28.0 cm³/mol. The highest BCUT2D eigenvalue weighted by Gasteiger charge is 2.46. The molecule has 0 N–H and O–H groups in total. The minimum atomic E-state index is 0.0694. The molecule has 1 saturated carbocycles. The molecule has 0 heterocycles. The molecule has 0 spiro atoms. The van der Waals surface area contributed by atoms with E-state index in [4.69, 9.17) is 0 Å². The topological polar surface area (TPSA) is 17.1 Å². The molecule has 2 atom stereocenters. The van der Waals surface area contributed by atoms with Crippen molar-refractivity contribution in [2.24, 2.45) is 11.3 Å². The zero-order valence-corrected chi connectivity index (χ0v) is 4.77. The third-order valence-electron chi connectivity index (χ3n) is 1.98. The fourth-order valence-corrected chi connectivity index (χ4v) is 0.765. The summed E-state index contributed by atoms with van der Waals surface area (Å²) in [6.07, 6.45) is 2.16. The second kappa shape index (κ2) is 1.09. The van der Waals surface area contributed by atoms with E-state index >= 15 is 0 Å². The maximum Gasteiger partial charge on any atom is 0.126 e. The molecule has 1 rings (SSSR count). The van der Waals surface area contributed by atoms with Gasteiger partial charge in [-0.05, 0) is 12.3 Å². The molecule has 0 aromatic rings. The number of hydrogen-bond donors (Lipinski definition) is 0. The maximum atomic E-state index is 10.1. The third kappa shape index (κ3) is 0.561. The van der Waals surface area contributed by atoms with Gasteiger partial charge < -0.3 is 4.79 Å². The summed E-state index contributed by atoms with van der Waals surface area (Å²) in [5.41, 5.74) is 0.0694. The van der Waals surface area contributed by atoms with Gasteiger partial charge in [0.05, 0.1) is 0 Å². The summed E-state index contributed by atoms with van der Waals surface area (Å²) in [4.78, 5) is 10.1.